The molecule has 2 N–H and O–H groups in total. The number of methoxy groups -OCH3 is 1. The Balaban J connectivity index is 1.58. The lowest BCUT2D eigenvalue weighted by molar-refractivity contribution is -0.139. The molecule has 1 fully saturated rings. The van der Waals surface area contributed by atoms with Gasteiger partial charge in [-0.25, -0.2) is 0 Å². The molecule has 1 aromatic carbocycles. The highest BCUT2D eigenvalue weighted by Crippen LogP contribution is 2.25. The van der Waals surface area contributed by atoms with Crippen LogP contribution < -0.4 is 20.3 Å². The van der Waals surface area contributed by atoms with Gasteiger partial charge in [0.2, 0.25) is 0 Å². The molecule has 2 aromatic rings. The van der Waals surface area contributed by atoms with Crippen molar-refractivity contribution in [3.05, 3.63) is 48.4 Å². The van der Waals surface area contributed by atoms with Crippen molar-refractivity contribution in [2.45, 2.75) is 19.4 Å². The van der Waals surface area contributed by atoms with E-state index >= 15 is 0 Å². The maximum absolute atomic E-state index is 12.1. The second-order valence-electron chi connectivity index (χ2n) is 7.22. The summed E-state index contributed by atoms with van der Waals surface area (Å²) < 4.78 is 10.9. The summed E-state index contributed by atoms with van der Waals surface area (Å²) in [5.74, 6) is 0.410. The Morgan fingerprint density at radius 2 is 1.77 bits per heavy atom. The summed E-state index contributed by atoms with van der Waals surface area (Å²) in [6, 6.07) is 11.7. The smallest absolute Gasteiger partial charge is 0.309 e. The minimum Gasteiger partial charge on any atom is -0.497 e. The third kappa shape index (κ3) is 5.54. The number of nitrogens with zero attached hydrogens (tertiary/aromatic N) is 2. The van der Waals surface area contributed by atoms with Crippen LogP contribution in [0.5, 0.6) is 5.75 Å². The number of benzene rings is 1. The van der Waals surface area contributed by atoms with E-state index in [1.54, 1.807) is 13.4 Å². The minimum atomic E-state index is -0.614. The first-order valence-electron chi connectivity index (χ1n) is 10.3. The fraction of sp³-hybridized carbons (Fsp3) is 0.455. The van der Waals surface area contributed by atoms with Crippen LogP contribution in [0.1, 0.15) is 25.1 Å². The molecule has 3 rings (SSSR count). The van der Waals surface area contributed by atoms with Gasteiger partial charge in [-0.2, -0.15) is 0 Å². The lowest BCUT2D eigenvalue weighted by Gasteiger charge is -2.39. The molecule has 8 heteroatoms. The molecule has 1 atom stereocenters. The summed E-state index contributed by atoms with van der Waals surface area (Å²) in [6.07, 6.45) is 2.41. The molecular weight excluding hydrogens is 384 g/mol. The second kappa shape index (κ2) is 10.7. The van der Waals surface area contributed by atoms with Crippen LogP contribution in [0.3, 0.4) is 0 Å². The average molecular weight is 415 g/mol. The number of furan rings is 1. The summed E-state index contributed by atoms with van der Waals surface area (Å²) >= 11 is 0. The van der Waals surface area contributed by atoms with Crippen molar-refractivity contribution < 1.29 is 18.7 Å². The number of carbonyl (C=O) groups is 2. The largest absolute Gasteiger partial charge is 0.497 e. The van der Waals surface area contributed by atoms with E-state index in [9.17, 15) is 9.59 Å². The molecule has 1 aliphatic rings. The highest BCUT2D eigenvalue weighted by atomic mass is 16.5. The quantitative estimate of drug-likeness (QED) is 0.641. The number of ether oxygens (including phenoxy) is 1. The SMILES string of the molecule is CCCNC(=O)C(=O)NCC(c1ccco1)N1CCN(c2ccc(OC)cc2)CC1. The zero-order valence-electron chi connectivity index (χ0n) is 17.6. The van der Waals surface area contributed by atoms with Gasteiger partial charge in [0, 0.05) is 45.0 Å². The molecule has 1 aromatic heterocycles. The highest BCUT2D eigenvalue weighted by Gasteiger charge is 2.28. The van der Waals surface area contributed by atoms with Crippen LogP contribution >= 0.6 is 0 Å². The van der Waals surface area contributed by atoms with Crippen LogP contribution in [0.15, 0.2) is 47.1 Å². The van der Waals surface area contributed by atoms with E-state index in [1.807, 2.05) is 31.2 Å². The Morgan fingerprint density at radius 1 is 1.07 bits per heavy atom. The van der Waals surface area contributed by atoms with Gasteiger partial charge in [-0.1, -0.05) is 6.92 Å². The second-order valence-corrected chi connectivity index (χ2v) is 7.22. The van der Waals surface area contributed by atoms with Crippen molar-refractivity contribution in [2.24, 2.45) is 0 Å². The highest BCUT2D eigenvalue weighted by molar-refractivity contribution is 6.35. The number of carbonyl (C=O) groups excluding carboxylic acids is 2. The van der Waals surface area contributed by atoms with Gasteiger partial charge < -0.3 is 24.7 Å². The maximum Gasteiger partial charge on any atom is 0.309 e. The molecule has 162 valence electrons. The number of piperazine rings is 1. The molecule has 8 nitrogen and oxygen atoms in total. The van der Waals surface area contributed by atoms with E-state index in [0.717, 1.165) is 49.8 Å². The lowest BCUT2D eigenvalue weighted by Crippen LogP contribution is -2.50. The number of hydrogen-bond donors (Lipinski definition) is 2. The van der Waals surface area contributed by atoms with E-state index in [1.165, 1.54) is 0 Å². The number of hydrogen-bond acceptors (Lipinski definition) is 6. The average Bonchev–Trinajstić information content (AvgIpc) is 3.32. The fourth-order valence-electron chi connectivity index (χ4n) is 3.56. The van der Waals surface area contributed by atoms with Gasteiger partial charge >= 0.3 is 11.8 Å². The van der Waals surface area contributed by atoms with E-state index in [2.05, 4.69) is 32.6 Å². The minimum absolute atomic E-state index is 0.124. The van der Waals surface area contributed by atoms with E-state index in [0.29, 0.717) is 13.1 Å². The molecule has 2 amide bonds. The van der Waals surface area contributed by atoms with Crippen LogP contribution in [0.25, 0.3) is 0 Å². The van der Waals surface area contributed by atoms with Gasteiger partial charge in [-0.3, -0.25) is 14.5 Å². The zero-order valence-corrected chi connectivity index (χ0v) is 17.6. The molecule has 0 saturated carbocycles. The molecule has 30 heavy (non-hydrogen) atoms. The Kier molecular flexibility index (Phi) is 7.73. The molecule has 1 saturated heterocycles. The summed E-state index contributed by atoms with van der Waals surface area (Å²) in [4.78, 5) is 28.6. The Hall–Kier alpha value is -3.00. The maximum atomic E-state index is 12.1. The Labute approximate surface area is 177 Å². The summed E-state index contributed by atoms with van der Waals surface area (Å²) in [5.41, 5.74) is 1.16. The fourth-order valence-corrected chi connectivity index (χ4v) is 3.56. The van der Waals surface area contributed by atoms with Gasteiger partial charge in [-0.15, -0.1) is 0 Å². The lowest BCUT2D eigenvalue weighted by atomic mass is 10.1. The predicted molar refractivity (Wildman–Crippen MR) is 115 cm³/mol. The normalized spacial score (nSPS) is 15.5. The van der Waals surface area contributed by atoms with Crippen LogP contribution in [0.2, 0.25) is 0 Å². The number of anilines is 1. The Bertz CT molecular complexity index is 799. The van der Waals surface area contributed by atoms with Crippen molar-refractivity contribution in [2.75, 3.05) is 51.3 Å². The van der Waals surface area contributed by atoms with Crippen molar-refractivity contribution in [1.82, 2.24) is 15.5 Å². The van der Waals surface area contributed by atoms with Gasteiger partial charge in [0.15, 0.2) is 0 Å². The number of amides is 2. The van der Waals surface area contributed by atoms with Crippen LogP contribution in [-0.4, -0.2) is 63.1 Å². The van der Waals surface area contributed by atoms with Crippen LogP contribution in [-0.2, 0) is 9.59 Å². The van der Waals surface area contributed by atoms with Crippen molar-refractivity contribution in [3.8, 4) is 5.75 Å². The summed E-state index contributed by atoms with van der Waals surface area (Å²) in [7, 11) is 1.66. The molecule has 0 aliphatic carbocycles. The van der Waals surface area contributed by atoms with Crippen molar-refractivity contribution >= 4 is 17.5 Å². The molecule has 0 spiro atoms. The van der Waals surface area contributed by atoms with Gasteiger partial charge in [0.25, 0.3) is 0 Å². The molecule has 0 radical (unpaired) electrons. The number of nitrogens with one attached hydrogen (secondary N) is 2. The summed E-state index contributed by atoms with van der Waals surface area (Å²) in [6.45, 7) is 6.08. The van der Waals surface area contributed by atoms with Crippen molar-refractivity contribution in [3.63, 3.8) is 0 Å². The van der Waals surface area contributed by atoms with Gasteiger partial charge in [-0.05, 0) is 42.8 Å². The van der Waals surface area contributed by atoms with Crippen LogP contribution in [0, 0.1) is 0 Å². The zero-order chi connectivity index (χ0) is 21.3. The third-order valence-corrected chi connectivity index (χ3v) is 5.26. The molecule has 1 aliphatic heterocycles. The first-order chi connectivity index (χ1) is 14.6. The van der Waals surface area contributed by atoms with E-state index in [4.69, 9.17) is 9.15 Å². The van der Waals surface area contributed by atoms with E-state index < -0.39 is 11.8 Å². The van der Waals surface area contributed by atoms with Gasteiger partial charge in [0.05, 0.1) is 19.4 Å². The molecular formula is C22H30N4O4. The van der Waals surface area contributed by atoms with Gasteiger partial charge in [0.1, 0.15) is 11.5 Å². The molecule has 2 heterocycles. The first kappa shape index (κ1) is 21.7. The predicted octanol–water partition coefficient (Wildman–Crippen LogP) is 1.79. The standard InChI is InChI=1S/C22H30N4O4/c1-3-10-23-21(27)22(28)24-16-19(20-5-4-15-30-20)26-13-11-25(12-14-26)17-6-8-18(29-2)9-7-17/h4-9,15,19H,3,10-14,16H2,1-2H3,(H,23,27)(H,24,28). The molecule has 1 unspecified atom stereocenters. The third-order valence-electron chi connectivity index (χ3n) is 5.26. The summed E-state index contributed by atoms with van der Waals surface area (Å²) in [5, 5.41) is 5.35. The monoisotopic (exact) mass is 414 g/mol. The van der Waals surface area contributed by atoms with Crippen molar-refractivity contribution in [1.29, 1.82) is 0 Å². The number of rotatable bonds is 8. The van der Waals surface area contributed by atoms with E-state index in [-0.39, 0.29) is 6.04 Å². The molecule has 0 bridgehead atoms. The first-order valence-corrected chi connectivity index (χ1v) is 10.3. The van der Waals surface area contributed by atoms with Crippen LogP contribution in [0.4, 0.5) is 5.69 Å². The topological polar surface area (TPSA) is 87.0 Å². The Morgan fingerprint density at radius 3 is 2.37 bits per heavy atom.